The molecular weight excluding hydrogens is 392 g/mol. The number of hydrogen-bond acceptors (Lipinski definition) is 5. The summed E-state index contributed by atoms with van der Waals surface area (Å²) in [6, 6.07) is 10.5. The molecule has 1 N–H and O–H groups in total. The number of aromatic nitrogens is 1. The molecular formula is C20H26N4O4S. The highest BCUT2D eigenvalue weighted by Gasteiger charge is 2.30. The lowest BCUT2D eigenvalue weighted by molar-refractivity contribution is 0.172. The molecule has 0 saturated carbocycles. The van der Waals surface area contributed by atoms with Gasteiger partial charge in [-0.1, -0.05) is 19.1 Å². The van der Waals surface area contributed by atoms with E-state index in [1.165, 1.54) is 22.8 Å². The van der Waals surface area contributed by atoms with Gasteiger partial charge in [0.2, 0.25) is 10.0 Å². The highest BCUT2D eigenvalue weighted by Crippen LogP contribution is 2.17. The van der Waals surface area contributed by atoms with Crippen molar-refractivity contribution in [1.29, 1.82) is 0 Å². The van der Waals surface area contributed by atoms with Crippen LogP contribution in [0.2, 0.25) is 0 Å². The first kappa shape index (κ1) is 21.1. The number of piperazine rings is 1. The van der Waals surface area contributed by atoms with E-state index in [0.717, 1.165) is 17.7 Å². The third-order valence-corrected chi connectivity index (χ3v) is 6.50. The topological polar surface area (TPSA) is 91.8 Å². The van der Waals surface area contributed by atoms with Crippen LogP contribution in [-0.2, 0) is 16.6 Å². The molecule has 0 radical (unpaired) electrons. The second-order valence-corrected chi connectivity index (χ2v) is 8.67. The average molecular weight is 419 g/mol. The van der Waals surface area contributed by atoms with E-state index in [9.17, 15) is 13.2 Å². The van der Waals surface area contributed by atoms with E-state index in [0.29, 0.717) is 26.2 Å². The summed E-state index contributed by atoms with van der Waals surface area (Å²) in [5, 5.41) is 2.89. The van der Waals surface area contributed by atoms with Crippen LogP contribution in [0.3, 0.4) is 0 Å². The summed E-state index contributed by atoms with van der Waals surface area (Å²) in [4.78, 5) is 18.1. The molecule has 1 aromatic heterocycles. The molecule has 2 heterocycles. The lowest BCUT2D eigenvalue weighted by Crippen LogP contribution is -2.52. The maximum atomic E-state index is 12.6. The van der Waals surface area contributed by atoms with E-state index in [-0.39, 0.29) is 24.0 Å². The maximum Gasteiger partial charge on any atom is 0.317 e. The minimum atomic E-state index is -3.58. The summed E-state index contributed by atoms with van der Waals surface area (Å²) in [7, 11) is -3.58. The van der Waals surface area contributed by atoms with Crippen molar-refractivity contribution >= 4 is 16.1 Å². The van der Waals surface area contributed by atoms with Crippen LogP contribution in [0.1, 0.15) is 18.9 Å². The van der Waals surface area contributed by atoms with E-state index in [1.54, 1.807) is 11.0 Å². The monoisotopic (exact) mass is 418 g/mol. The predicted molar refractivity (Wildman–Crippen MR) is 109 cm³/mol. The molecule has 1 saturated heterocycles. The van der Waals surface area contributed by atoms with Gasteiger partial charge in [0, 0.05) is 45.1 Å². The van der Waals surface area contributed by atoms with Gasteiger partial charge in [-0.3, -0.25) is 4.98 Å². The Balaban J connectivity index is 1.50. The smallest absolute Gasteiger partial charge is 0.317 e. The Kier molecular flexibility index (Phi) is 7.05. The van der Waals surface area contributed by atoms with Crippen molar-refractivity contribution in [3.05, 3.63) is 54.4 Å². The van der Waals surface area contributed by atoms with Crippen LogP contribution in [0, 0.1) is 0 Å². The van der Waals surface area contributed by atoms with Gasteiger partial charge < -0.3 is 15.0 Å². The molecule has 29 heavy (non-hydrogen) atoms. The third-order valence-electron chi connectivity index (χ3n) is 4.61. The number of rotatable bonds is 7. The van der Waals surface area contributed by atoms with Crippen LogP contribution >= 0.6 is 0 Å². The van der Waals surface area contributed by atoms with Crippen molar-refractivity contribution in [2.75, 3.05) is 32.8 Å². The Morgan fingerprint density at radius 1 is 1.17 bits per heavy atom. The molecule has 0 bridgehead atoms. The number of urea groups is 1. The maximum absolute atomic E-state index is 12.6. The van der Waals surface area contributed by atoms with Gasteiger partial charge in [0.05, 0.1) is 6.61 Å². The molecule has 3 rings (SSSR count). The van der Waals surface area contributed by atoms with Crippen LogP contribution < -0.4 is 10.1 Å². The lowest BCUT2D eigenvalue weighted by Gasteiger charge is -2.33. The van der Waals surface area contributed by atoms with Gasteiger partial charge in [-0.2, -0.15) is 4.31 Å². The number of benzene rings is 1. The molecule has 9 heteroatoms. The molecule has 0 unspecified atom stereocenters. The number of amides is 2. The molecule has 8 nitrogen and oxygen atoms in total. The fraction of sp³-hybridized carbons (Fsp3) is 0.400. The van der Waals surface area contributed by atoms with E-state index in [1.807, 2.05) is 31.2 Å². The molecule has 0 atom stereocenters. The number of hydrogen-bond donors (Lipinski definition) is 1. The zero-order valence-electron chi connectivity index (χ0n) is 16.5. The number of nitrogens with zero attached hydrogens (tertiary/aromatic N) is 3. The van der Waals surface area contributed by atoms with Gasteiger partial charge >= 0.3 is 6.03 Å². The summed E-state index contributed by atoms with van der Waals surface area (Å²) in [5.74, 6) is 0.785. The Hall–Kier alpha value is -2.65. The highest BCUT2D eigenvalue weighted by atomic mass is 32.2. The van der Waals surface area contributed by atoms with E-state index >= 15 is 0 Å². The van der Waals surface area contributed by atoms with Crippen LogP contribution in [0.25, 0.3) is 0 Å². The van der Waals surface area contributed by atoms with Crippen LogP contribution in [-0.4, -0.2) is 61.4 Å². The number of pyridine rings is 1. The molecule has 2 amide bonds. The first-order valence-electron chi connectivity index (χ1n) is 9.65. The highest BCUT2D eigenvalue weighted by molar-refractivity contribution is 7.89. The van der Waals surface area contributed by atoms with Crippen molar-refractivity contribution < 1.29 is 17.9 Å². The number of ether oxygens (including phenoxy) is 1. The predicted octanol–water partition coefficient (Wildman–Crippen LogP) is 2.09. The largest absolute Gasteiger partial charge is 0.494 e. The number of sulfonamides is 1. The fourth-order valence-electron chi connectivity index (χ4n) is 3.03. The standard InChI is InChI=1S/C20H26N4O4S/c1-2-13-28-18-6-3-5-17(14-18)15-22-20(25)23-9-11-24(12-10-23)29(26,27)19-7-4-8-21-16-19/h3-8,14,16H,2,9-13,15H2,1H3,(H,22,25). The molecule has 2 aromatic rings. The minimum Gasteiger partial charge on any atom is -0.494 e. The van der Waals surface area contributed by atoms with E-state index in [2.05, 4.69) is 10.3 Å². The molecule has 1 fully saturated rings. The summed E-state index contributed by atoms with van der Waals surface area (Å²) >= 11 is 0. The third kappa shape index (κ3) is 5.45. The van der Waals surface area contributed by atoms with Crippen molar-refractivity contribution in [1.82, 2.24) is 19.5 Å². The molecule has 0 aliphatic carbocycles. The Bertz CT molecular complexity index is 913. The van der Waals surface area contributed by atoms with Crippen molar-refractivity contribution in [3.8, 4) is 5.75 Å². The van der Waals surface area contributed by atoms with Crippen molar-refractivity contribution in [2.24, 2.45) is 0 Å². The Morgan fingerprint density at radius 3 is 2.66 bits per heavy atom. The molecule has 156 valence electrons. The van der Waals surface area contributed by atoms with Gasteiger partial charge in [0.1, 0.15) is 10.6 Å². The van der Waals surface area contributed by atoms with Gasteiger partial charge in [0.25, 0.3) is 0 Å². The zero-order chi connectivity index (χ0) is 20.7. The Morgan fingerprint density at radius 2 is 1.97 bits per heavy atom. The summed E-state index contributed by atoms with van der Waals surface area (Å²) < 4.78 is 32.3. The summed E-state index contributed by atoms with van der Waals surface area (Å²) in [6.07, 6.45) is 3.81. The summed E-state index contributed by atoms with van der Waals surface area (Å²) in [6.45, 7) is 4.27. The summed E-state index contributed by atoms with van der Waals surface area (Å²) in [5.41, 5.74) is 0.949. The first-order chi connectivity index (χ1) is 14.0. The SMILES string of the molecule is CCCOc1cccc(CNC(=O)N2CCN(S(=O)(=O)c3cccnc3)CC2)c1. The first-order valence-corrected chi connectivity index (χ1v) is 11.1. The van der Waals surface area contributed by atoms with Gasteiger partial charge in [-0.25, -0.2) is 13.2 Å². The van der Waals surface area contributed by atoms with E-state index in [4.69, 9.17) is 4.74 Å². The van der Waals surface area contributed by atoms with Crippen LogP contribution in [0.5, 0.6) is 5.75 Å². The van der Waals surface area contributed by atoms with Crippen molar-refractivity contribution in [3.63, 3.8) is 0 Å². The second-order valence-electron chi connectivity index (χ2n) is 6.73. The van der Waals surface area contributed by atoms with Gasteiger partial charge in [-0.15, -0.1) is 0 Å². The number of nitrogens with one attached hydrogen (secondary N) is 1. The molecule has 1 aromatic carbocycles. The fourth-order valence-corrected chi connectivity index (χ4v) is 4.42. The number of carbonyl (C=O) groups is 1. The second kappa shape index (κ2) is 9.71. The van der Waals surface area contributed by atoms with Crippen LogP contribution in [0.4, 0.5) is 4.79 Å². The lowest BCUT2D eigenvalue weighted by atomic mass is 10.2. The average Bonchev–Trinajstić information content (AvgIpc) is 2.77. The van der Waals surface area contributed by atoms with Gasteiger partial charge in [-0.05, 0) is 36.2 Å². The normalized spacial score (nSPS) is 15.1. The van der Waals surface area contributed by atoms with Crippen LogP contribution in [0.15, 0.2) is 53.7 Å². The molecule has 1 aliphatic heterocycles. The minimum absolute atomic E-state index is 0.170. The Labute approximate surface area is 171 Å². The van der Waals surface area contributed by atoms with Gasteiger partial charge in [0.15, 0.2) is 0 Å². The van der Waals surface area contributed by atoms with Crippen molar-refractivity contribution in [2.45, 2.75) is 24.8 Å². The quantitative estimate of drug-likeness (QED) is 0.743. The zero-order valence-corrected chi connectivity index (χ0v) is 17.3. The number of carbonyl (C=O) groups excluding carboxylic acids is 1. The molecule has 0 spiro atoms. The molecule has 1 aliphatic rings. The van der Waals surface area contributed by atoms with E-state index < -0.39 is 10.0 Å².